The zero-order valence-corrected chi connectivity index (χ0v) is 18.0. The number of fused-ring (bicyclic) bond motifs is 5. The van der Waals surface area contributed by atoms with Gasteiger partial charge in [-0.1, -0.05) is 19.9 Å². The molecule has 5 nitrogen and oxygen atoms in total. The molecule has 7 atom stereocenters. The fourth-order valence-corrected chi connectivity index (χ4v) is 7.50. The Labute approximate surface area is 173 Å². The van der Waals surface area contributed by atoms with Crippen LogP contribution in [0.2, 0.25) is 0 Å². The number of aryl methyl sites for hydroxylation is 1. The number of carbonyl (C=O) groups is 1. The Balaban J connectivity index is 1.63. The molecular weight excluding hydrogens is 362 g/mol. The van der Waals surface area contributed by atoms with Gasteiger partial charge in [-0.3, -0.25) is 4.79 Å². The van der Waals surface area contributed by atoms with Gasteiger partial charge in [0.1, 0.15) is 5.82 Å². The first-order valence-corrected chi connectivity index (χ1v) is 11.1. The summed E-state index contributed by atoms with van der Waals surface area (Å²) in [4.78, 5) is 19.1. The van der Waals surface area contributed by atoms with E-state index < -0.39 is 0 Å². The largest absolute Gasteiger partial charge is 0.393 e. The monoisotopic (exact) mass is 395 g/mol. The van der Waals surface area contributed by atoms with E-state index in [2.05, 4.69) is 31.0 Å². The Bertz CT molecular complexity index is 902. The maximum Gasteiger partial charge on any atom is 0.246 e. The van der Waals surface area contributed by atoms with Crippen LogP contribution in [0, 0.1) is 28.6 Å². The number of hydrogen-bond acceptors (Lipinski definition) is 3. The fourth-order valence-electron chi connectivity index (χ4n) is 7.50. The van der Waals surface area contributed by atoms with Crippen LogP contribution in [-0.2, 0) is 11.8 Å². The lowest BCUT2D eigenvalue weighted by molar-refractivity contribution is -0.135. The molecule has 0 radical (unpaired) electrons. The van der Waals surface area contributed by atoms with Crippen molar-refractivity contribution in [3.05, 3.63) is 35.9 Å². The highest BCUT2D eigenvalue weighted by Crippen LogP contribution is 2.64. The second-order valence-corrected chi connectivity index (χ2v) is 10.4. The van der Waals surface area contributed by atoms with E-state index in [0.29, 0.717) is 17.8 Å². The van der Waals surface area contributed by atoms with Crippen LogP contribution < -0.4 is 0 Å². The van der Waals surface area contributed by atoms with E-state index in [9.17, 15) is 9.90 Å². The van der Waals surface area contributed by atoms with Crippen molar-refractivity contribution in [3.63, 3.8) is 0 Å². The smallest absolute Gasteiger partial charge is 0.246 e. The standard InChI is InChI=1S/C24H33N3O2/c1-23-9-7-18-16(17(23)5-6-19(23)28)13-15(14-20-25-11-12-26(20)3)22-24(18,2)10-8-21(29)27(22)4/h8,10-12,14,16-19,22,28H,5-7,9,13H2,1-4H3/b15-14+/t16-,17-,18-,19-,22+,23-,24+/m0/s1. The molecule has 1 aliphatic heterocycles. The van der Waals surface area contributed by atoms with Crippen LogP contribution in [0.25, 0.3) is 6.08 Å². The summed E-state index contributed by atoms with van der Waals surface area (Å²) in [6.45, 7) is 4.67. The summed E-state index contributed by atoms with van der Waals surface area (Å²) in [5.41, 5.74) is 1.28. The minimum atomic E-state index is -0.174. The number of aliphatic hydroxyl groups is 1. The molecule has 0 aromatic carbocycles. The van der Waals surface area contributed by atoms with Gasteiger partial charge in [0.2, 0.25) is 5.91 Å². The molecule has 4 aliphatic rings. The van der Waals surface area contributed by atoms with Crippen molar-refractivity contribution >= 4 is 12.0 Å². The van der Waals surface area contributed by atoms with Crippen molar-refractivity contribution in [3.8, 4) is 0 Å². The van der Waals surface area contributed by atoms with Gasteiger partial charge in [-0.15, -0.1) is 0 Å². The highest BCUT2D eigenvalue weighted by molar-refractivity contribution is 5.89. The molecule has 5 rings (SSSR count). The minimum Gasteiger partial charge on any atom is -0.393 e. The quantitative estimate of drug-likeness (QED) is 0.793. The van der Waals surface area contributed by atoms with Crippen LogP contribution in [0.3, 0.4) is 0 Å². The normalized spacial score (nSPS) is 45.3. The Morgan fingerprint density at radius 2 is 2.00 bits per heavy atom. The molecule has 156 valence electrons. The van der Waals surface area contributed by atoms with Crippen LogP contribution in [0.5, 0.6) is 0 Å². The SMILES string of the molecule is CN1C(=O)C=C[C@]2(C)[C@H]3CC[C@]4(C)[C@@H](O)CC[C@H]4[C@@H]3C/C(=C\c3nccn3C)[C@@H]12. The van der Waals surface area contributed by atoms with Crippen LogP contribution in [0.15, 0.2) is 30.1 Å². The number of aliphatic hydroxyl groups excluding tert-OH is 1. The molecule has 1 aromatic rings. The average Bonchev–Trinajstić information content (AvgIpc) is 3.22. The molecule has 29 heavy (non-hydrogen) atoms. The molecule has 1 amide bonds. The van der Waals surface area contributed by atoms with Gasteiger partial charge in [-0.05, 0) is 73.0 Å². The lowest BCUT2D eigenvalue weighted by atomic mass is 9.47. The number of imidazole rings is 1. The van der Waals surface area contributed by atoms with Crippen molar-refractivity contribution in [2.24, 2.45) is 35.6 Å². The molecule has 1 aromatic heterocycles. The lowest BCUT2D eigenvalue weighted by Crippen LogP contribution is -2.60. The van der Waals surface area contributed by atoms with Gasteiger partial charge in [0, 0.05) is 31.9 Å². The van der Waals surface area contributed by atoms with Crippen molar-refractivity contribution in [1.29, 1.82) is 0 Å². The van der Waals surface area contributed by atoms with Gasteiger partial charge in [0.15, 0.2) is 0 Å². The molecule has 3 fully saturated rings. The number of likely N-dealkylation sites (N-methyl/N-ethyl adjacent to an activating group) is 1. The summed E-state index contributed by atoms with van der Waals surface area (Å²) in [6.07, 6.45) is 15.1. The molecule has 0 saturated heterocycles. The molecule has 3 aliphatic carbocycles. The van der Waals surface area contributed by atoms with Gasteiger partial charge in [-0.25, -0.2) is 4.98 Å². The number of amides is 1. The van der Waals surface area contributed by atoms with E-state index in [1.807, 2.05) is 36.0 Å². The summed E-state index contributed by atoms with van der Waals surface area (Å²) in [5.74, 6) is 2.68. The predicted octanol–water partition coefficient (Wildman–Crippen LogP) is 3.41. The maximum absolute atomic E-state index is 12.6. The second kappa shape index (κ2) is 6.31. The molecule has 0 bridgehead atoms. The third-order valence-electron chi connectivity index (χ3n) is 9.09. The van der Waals surface area contributed by atoms with E-state index in [1.54, 1.807) is 6.08 Å². The molecule has 3 saturated carbocycles. The average molecular weight is 396 g/mol. The van der Waals surface area contributed by atoms with Crippen molar-refractivity contribution in [2.75, 3.05) is 7.05 Å². The van der Waals surface area contributed by atoms with Gasteiger partial charge in [0.05, 0.1) is 12.1 Å². The third-order valence-corrected chi connectivity index (χ3v) is 9.09. The van der Waals surface area contributed by atoms with E-state index in [-0.39, 0.29) is 28.9 Å². The molecular formula is C24H33N3O2. The van der Waals surface area contributed by atoms with Crippen molar-refractivity contribution < 1.29 is 9.90 Å². The molecule has 0 unspecified atom stereocenters. The zero-order chi connectivity index (χ0) is 20.6. The number of nitrogens with zero attached hydrogens (tertiary/aromatic N) is 3. The lowest BCUT2D eigenvalue weighted by Gasteiger charge is -2.60. The van der Waals surface area contributed by atoms with Crippen molar-refractivity contribution in [1.82, 2.24) is 14.5 Å². The van der Waals surface area contributed by atoms with Crippen LogP contribution in [-0.4, -0.2) is 44.7 Å². The van der Waals surface area contributed by atoms with Crippen LogP contribution in [0.1, 0.15) is 51.8 Å². The first-order valence-electron chi connectivity index (χ1n) is 11.1. The highest BCUT2D eigenvalue weighted by Gasteiger charge is 2.61. The van der Waals surface area contributed by atoms with Crippen molar-refractivity contribution in [2.45, 2.75) is 58.1 Å². The first-order chi connectivity index (χ1) is 13.8. The second-order valence-electron chi connectivity index (χ2n) is 10.4. The summed E-state index contributed by atoms with van der Waals surface area (Å²) >= 11 is 0. The van der Waals surface area contributed by atoms with E-state index in [0.717, 1.165) is 37.9 Å². The molecule has 1 N–H and O–H groups in total. The Morgan fingerprint density at radius 3 is 2.72 bits per heavy atom. The van der Waals surface area contributed by atoms with E-state index in [4.69, 9.17) is 0 Å². The zero-order valence-electron chi connectivity index (χ0n) is 18.0. The van der Waals surface area contributed by atoms with E-state index >= 15 is 0 Å². The Morgan fingerprint density at radius 1 is 1.21 bits per heavy atom. The number of rotatable bonds is 1. The predicted molar refractivity (Wildman–Crippen MR) is 113 cm³/mol. The van der Waals surface area contributed by atoms with Gasteiger partial charge in [0.25, 0.3) is 0 Å². The van der Waals surface area contributed by atoms with Crippen LogP contribution in [0.4, 0.5) is 0 Å². The molecule has 2 heterocycles. The summed E-state index contributed by atoms with van der Waals surface area (Å²) in [7, 11) is 3.97. The van der Waals surface area contributed by atoms with Gasteiger partial charge >= 0.3 is 0 Å². The molecule has 0 spiro atoms. The Hall–Kier alpha value is -1.88. The van der Waals surface area contributed by atoms with Crippen LogP contribution >= 0.6 is 0 Å². The topological polar surface area (TPSA) is 58.4 Å². The van der Waals surface area contributed by atoms with Gasteiger partial charge in [-0.2, -0.15) is 0 Å². The third kappa shape index (κ3) is 2.56. The maximum atomic E-state index is 12.6. The minimum absolute atomic E-state index is 0.0405. The summed E-state index contributed by atoms with van der Waals surface area (Å²) in [5, 5.41) is 10.8. The summed E-state index contributed by atoms with van der Waals surface area (Å²) < 4.78 is 2.04. The first kappa shape index (κ1) is 19.1. The van der Waals surface area contributed by atoms with Gasteiger partial charge < -0.3 is 14.6 Å². The Kier molecular flexibility index (Phi) is 4.16. The number of hydrogen-bond donors (Lipinski definition) is 1. The number of aromatic nitrogens is 2. The molecule has 5 heteroatoms. The summed E-state index contributed by atoms with van der Waals surface area (Å²) in [6, 6.07) is 0.0774. The highest BCUT2D eigenvalue weighted by atomic mass is 16.3. The number of carbonyl (C=O) groups excluding carboxylic acids is 1. The fraction of sp³-hybridized carbons (Fsp3) is 0.667. The van der Waals surface area contributed by atoms with E-state index in [1.165, 1.54) is 5.57 Å².